The van der Waals surface area contributed by atoms with Gasteiger partial charge in [0.25, 0.3) is 0 Å². The first kappa shape index (κ1) is 25.6. The summed E-state index contributed by atoms with van der Waals surface area (Å²) < 4.78 is 0. The molecule has 2 heterocycles. The number of rotatable bonds is 7. The second-order valence-electron chi connectivity index (χ2n) is 12.1. The van der Waals surface area contributed by atoms with Gasteiger partial charge in [-0.05, 0) is 138 Å². The fraction of sp³-hybridized carbons (Fsp3) is 0.625. The van der Waals surface area contributed by atoms with Crippen LogP contribution in [0.5, 0.6) is 0 Å². The van der Waals surface area contributed by atoms with E-state index in [1.54, 1.807) is 5.56 Å². The molecule has 2 aliphatic heterocycles. The van der Waals surface area contributed by atoms with Crippen LogP contribution < -0.4 is 10.6 Å². The van der Waals surface area contributed by atoms with Crippen molar-refractivity contribution in [2.75, 3.05) is 13.1 Å². The number of allylic oxidation sites excluding steroid dienone is 2. The van der Waals surface area contributed by atoms with Crippen LogP contribution in [0.4, 0.5) is 0 Å². The third-order valence-corrected chi connectivity index (χ3v) is 10.1. The van der Waals surface area contributed by atoms with E-state index in [1.807, 2.05) is 0 Å². The minimum absolute atomic E-state index is 0.345. The maximum atomic E-state index is 4.92. The highest BCUT2D eigenvalue weighted by Gasteiger charge is 2.50. The maximum Gasteiger partial charge on any atom is 0.0452 e. The van der Waals surface area contributed by atoms with Gasteiger partial charge in [-0.15, -0.1) is 0 Å². The van der Waals surface area contributed by atoms with Gasteiger partial charge in [0.2, 0.25) is 0 Å². The van der Waals surface area contributed by atoms with Crippen LogP contribution in [0.15, 0.2) is 52.2 Å². The van der Waals surface area contributed by atoms with Gasteiger partial charge in [-0.2, -0.15) is 0 Å². The van der Waals surface area contributed by atoms with E-state index in [9.17, 15) is 0 Å². The fourth-order valence-corrected chi connectivity index (χ4v) is 7.18. The summed E-state index contributed by atoms with van der Waals surface area (Å²) in [5, 5.41) is 7.13. The number of fused-ring (bicyclic) bond motifs is 3. The molecule has 3 saturated carbocycles. The third-order valence-electron chi connectivity index (χ3n) is 10.1. The van der Waals surface area contributed by atoms with Crippen LogP contribution in [0.25, 0.3) is 5.57 Å². The first-order chi connectivity index (χ1) is 17.4. The van der Waals surface area contributed by atoms with Gasteiger partial charge in [-0.3, -0.25) is 9.98 Å². The van der Waals surface area contributed by atoms with Crippen molar-refractivity contribution in [3.8, 4) is 0 Å². The first-order valence-corrected chi connectivity index (χ1v) is 14.4. The molecule has 0 aromatic heterocycles. The highest BCUT2D eigenvalue weighted by atomic mass is 15.0. The lowest BCUT2D eigenvalue weighted by Crippen LogP contribution is -2.44. The lowest BCUT2D eigenvalue weighted by molar-refractivity contribution is 0.0694. The van der Waals surface area contributed by atoms with Gasteiger partial charge in [0.05, 0.1) is 0 Å². The largest absolute Gasteiger partial charge is 0.309 e. The minimum atomic E-state index is 0.345. The summed E-state index contributed by atoms with van der Waals surface area (Å²) in [6.07, 6.45) is 17.0. The van der Waals surface area contributed by atoms with Crippen molar-refractivity contribution >= 4 is 17.0 Å². The topological polar surface area (TPSA) is 48.8 Å². The molecule has 0 unspecified atom stereocenters. The Morgan fingerprint density at radius 1 is 0.806 bits per heavy atom. The summed E-state index contributed by atoms with van der Waals surface area (Å²) >= 11 is 0. The standard InChI is InChI=1S/C32H46N4/c1-23(21-35-25(3)29-10-6-18-33-29)27-8-5-9-28(20-27)32-15-12-31(13-16-32,14-17-32)24(2)22-36-26(4)30-11-7-19-34-30/h5,8-9,20-22,29-30,33-34H,6-7,10-19H2,1-4H3/b23-21+,24-22+,35-25+,36-26+/t29-,30-,31?,32?/m0/s1. The van der Waals surface area contributed by atoms with Crippen LogP contribution in [0.1, 0.15) is 103 Å². The third kappa shape index (κ3) is 5.17. The molecule has 0 spiro atoms. The van der Waals surface area contributed by atoms with E-state index in [0.29, 0.717) is 22.9 Å². The molecule has 1 aromatic carbocycles. The van der Waals surface area contributed by atoms with Crippen LogP contribution in [0.3, 0.4) is 0 Å². The van der Waals surface area contributed by atoms with E-state index in [0.717, 1.165) is 13.1 Å². The number of hydrogen-bond donors (Lipinski definition) is 2. The van der Waals surface area contributed by atoms with Gasteiger partial charge in [0, 0.05) is 35.9 Å². The summed E-state index contributed by atoms with van der Waals surface area (Å²) in [5.41, 5.74) is 8.80. The SMILES string of the molecule is C/C(=C\N=C(/C)[C@@H]1CCCN1)c1cccc(C23CCC(/C(C)=C/N=C(\C)[C@@H]4CCCN4)(CC2)CC3)c1. The summed E-state index contributed by atoms with van der Waals surface area (Å²) in [6.45, 7) is 11.2. The van der Waals surface area contributed by atoms with Crippen molar-refractivity contribution in [1.82, 2.24) is 10.6 Å². The smallest absolute Gasteiger partial charge is 0.0452 e. The Labute approximate surface area is 218 Å². The molecular weight excluding hydrogens is 440 g/mol. The van der Waals surface area contributed by atoms with Crippen molar-refractivity contribution in [2.45, 2.75) is 109 Å². The molecule has 0 radical (unpaired) electrons. The zero-order valence-corrected chi connectivity index (χ0v) is 23.0. The second kappa shape index (κ2) is 10.8. The van der Waals surface area contributed by atoms with Gasteiger partial charge >= 0.3 is 0 Å². The highest BCUT2D eigenvalue weighted by Crippen LogP contribution is 2.60. The van der Waals surface area contributed by atoms with Crippen LogP contribution >= 0.6 is 0 Å². The Morgan fingerprint density at radius 3 is 1.94 bits per heavy atom. The molecule has 1 aromatic rings. The van der Waals surface area contributed by atoms with Crippen molar-refractivity contribution in [3.05, 3.63) is 53.4 Å². The van der Waals surface area contributed by atoms with E-state index < -0.39 is 0 Å². The molecule has 5 aliphatic rings. The average Bonchev–Trinajstić information content (AvgIpc) is 3.66. The lowest BCUT2D eigenvalue weighted by Gasteiger charge is -2.54. The van der Waals surface area contributed by atoms with E-state index in [-0.39, 0.29) is 0 Å². The Balaban J connectivity index is 1.27. The monoisotopic (exact) mass is 486 g/mol. The van der Waals surface area contributed by atoms with Crippen molar-refractivity contribution < 1.29 is 0 Å². The quantitative estimate of drug-likeness (QED) is 0.409. The van der Waals surface area contributed by atoms with E-state index in [1.165, 1.54) is 92.3 Å². The molecule has 2 N–H and O–H groups in total. The van der Waals surface area contributed by atoms with Crippen LogP contribution in [0, 0.1) is 5.41 Å². The minimum Gasteiger partial charge on any atom is -0.309 e. The molecule has 3 aliphatic carbocycles. The van der Waals surface area contributed by atoms with E-state index in [4.69, 9.17) is 9.98 Å². The predicted molar refractivity (Wildman–Crippen MR) is 154 cm³/mol. The zero-order valence-electron chi connectivity index (χ0n) is 23.0. The van der Waals surface area contributed by atoms with Gasteiger partial charge in [0.15, 0.2) is 0 Å². The number of benzene rings is 1. The van der Waals surface area contributed by atoms with Gasteiger partial charge in [-0.25, -0.2) is 0 Å². The first-order valence-electron chi connectivity index (χ1n) is 14.4. The molecule has 194 valence electrons. The predicted octanol–water partition coefficient (Wildman–Crippen LogP) is 6.97. The molecule has 2 atom stereocenters. The molecule has 36 heavy (non-hydrogen) atoms. The zero-order chi connectivity index (χ0) is 25.2. The molecular formula is C32H46N4. The summed E-state index contributed by atoms with van der Waals surface area (Å²) in [5.74, 6) is 0. The molecule has 2 saturated heterocycles. The lowest BCUT2D eigenvalue weighted by atomic mass is 9.50. The molecule has 2 bridgehead atoms. The maximum absolute atomic E-state index is 4.92. The number of aliphatic imine (C=N–C) groups is 2. The Morgan fingerprint density at radius 2 is 1.39 bits per heavy atom. The molecule has 4 heteroatoms. The second-order valence-corrected chi connectivity index (χ2v) is 12.1. The summed E-state index contributed by atoms with van der Waals surface area (Å²) in [7, 11) is 0. The van der Waals surface area contributed by atoms with Gasteiger partial charge < -0.3 is 10.6 Å². The van der Waals surface area contributed by atoms with Crippen molar-refractivity contribution in [3.63, 3.8) is 0 Å². The van der Waals surface area contributed by atoms with Crippen LogP contribution in [-0.4, -0.2) is 36.6 Å². The normalized spacial score (nSPS) is 34.0. The Kier molecular flexibility index (Phi) is 7.65. The van der Waals surface area contributed by atoms with Gasteiger partial charge in [0.1, 0.15) is 0 Å². The van der Waals surface area contributed by atoms with Crippen molar-refractivity contribution in [2.24, 2.45) is 15.4 Å². The Hall–Kier alpha value is -2.04. The summed E-state index contributed by atoms with van der Waals surface area (Å²) in [4.78, 5) is 9.75. The highest BCUT2D eigenvalue weighted by molar-refractivity contribution is 5.89. The Bertz CT molecular complexity index is 1040. The van der Waals surface area contributed by atoms with Crippen LogP contribution in [0.2, 0.25) is 0 Å². The molecule has 4 nitrogen and oxygen atoms in total. The molecule has 5 fully saturated rings. The average molecular weight is 487 g/mol. The molecule has 0 amide bonds. The fourth-order valence-electron chi connectivity index (χ4n) is 7.18. The molecule has 6 rings (SSSR count). The van der Waals surface area contributed by atoms with Gasteiger partial charge in [-0.1, -0.05) is 24.3 Å². The number of hydrogen-bond acceptors (Lipinski definition) is 4. The van der Waals surface area contributed by atoms with Crippen molar-refractivity contribution in [1.29, 1.82) is 0 Å². The summed E-state index contributed by atoms with van der Waals surface area (Å²) in [6, 6.07) is 10.3. The number of nitrogens with zero attached hydrogens (tertiary/aromatic N) is 2. The van der Waals surface area contributed by atoms with E-state index in [2.05, 4.69) is 75.0 Å². The van der Waals surface area contributed by atoms with Crippen LogP contribution in [-0.2, 0) is 5.41 Å². The number of nitrogens with one attached hydrogen (secondary N) is 2. The van der Waals surface area contributed by atoms with E-state index >= 15 is 0 Å².